The third-order valence-electron chi connectivity index (χ3n) is 6.67. The highest BCUT2D eigenvalue weighted by atomic mass is 32.1. The summed E-state index contributed by atoms with van der Waals surface area (Å²) in [5.74, 6) is 0.0256. The monoisotopic (exact) mass is 484 g/mol. The molecule has 2 saturated heterocycles. The van der Waals surface area contributed by atoms with Crippen LogP contribution in [0.25, 0.3) is 0 Å². The van der Waals surface area contributed by atoms with Crippen LogP contribution in [0.1, 0.15) is 41.9 Å². The van der Waals surface area contributed by atoms with E-state index in [0.717, 1.165) is 32.4 Å². The number of piperazine rings is 1. The molecule has 1 atom stereocenters. The Morgan fingerprint density at radius 1 is 1.03 bits per heavy atom. The molecule has 1 aromatic heterocycles. The highest BCUT2D eigenvalue weighted by Gasteiger charge is 2.26. The molecule has 0 aliphatic carbocycles. The van der Waals surface area contributed by atoms with E-state index in [0.29, 0.717) is 50.4 Å². The Bertz CT molecular complexity index is 918. The normalized spacial score (nSPS) is 18.1. The van der Waals surface area contributed by atoms with Gasteiger partial charge in [0, 0.05) is 67.5 Å². The predicted molar refractivity (Wildman–Crippen MR) is 137 cm³/mol. The fourth-order valence-electron chi connectivity index (χ4n) is 4.80. The van der Waals surface area contributed by atoms with Crippen molar-refractivity contribution in [2.75, 3.05) is 50.8 Å². The van der Waals surface area contributed by atoms with Crippen LogP contribution in [0.3, 0.4) is 0 Å². The molecule has 1 aromatic carbocycles. The zero-order valence-electron chi connectivity index (χ0n) is 20.2. The molecule has 0 saturated carbocycles. The Hall–Kier alpha value is -2.58. The van der Waals surface area contributed by atoms with Crippen LogP contribution in [-0.2, 0) is 11.2 Å². The minimum absolute atomic E-state index is 0.0256. The molecular weight excluding hydrogens is 448 g/mol. The minimum Gasteiger partial charge on any atom is -0.450 e. The zero-order valence-corrected chi connectivity index (χ0v) is 21.1. The number of piperidine rings is 1. The van der Waals surface area contributed by atoms with Gasteiger partial charge in [-0.3, -0.25) is 4.79 Å². The molecule has 2 fully saturated rings. The van der Waals surface area contributed by atoms with Gasteiger partial charge < -0.3 is 24.8 Å². The van der Waals surface area contributed by atoms with E-state index in [1.807, 2.05) is 28.4 Å². The summed E-state index contributed by atoms with van der Waals surface area (Å²) in [6.07, 6.45) is 3.04. The van der Waals surface area contributed by atoms with Crippen LogP contribution in [0.5, 0.6) is 0 Å². The van der Waals surface area contributed by atoms with E-state index in [1.54, 1.807) is 11.8 Å². The molecule has 2 aliphatic heterocycles. The first kappa shape index (κ1) is 24.5. The van der Waals surface area contributed by atoms with Gasteiger partial charge in [0.15, 0.2) is 0 Å². The third-order valence-corrected chi connectivity index (χ3v) is 7.57. The highest BCUT2D eigenvalue weighted by Crippen LogP contribution is 2.22. The van der Waals surface area contributed by atoms with Crippen LogP contribution in [0, 0.1) is 0 Å². The Balaban J connectivity index is 1.22. The van der Waals surface area contributed by atoms with Crippen LogP contribution >= 0.6 is 11.3 Å². The number of nitrogens with zero attached hydrogens (tertiary/aromatic N) is 3. The molecule has 8 heteroatoms. The number of thiophene rings is 1. The van der Waals surface area contributed by atoms with Gasteiger partial charge in [-0.15, -0.1) is 11.3 Å². The lowest BCUT2D eigenvalue weighted by atomic mass is 10.0. The van der Waals surface area contributed by atoms with Gasteiger partial charge in [0.25, 0.3) is 5.91 Å². The van der Waals surface area contributed by atoms with Gasteiger partial charge >= 0.3 is 6.09 Å². The van der Waals surface area contributed by atoms with Crippen molar-refractivity contribution in [2.24, 2.45) is 0 Å². The maximum absolute atomic E-state index is 12.9. The molecule has 1 N–H and O–H groups in total. The molecule has 0 radical (unpaired) electrons. The molecule has 4 rings (SSSR count). The predicted octanol–water partition coefficient (Wildman–Crippen LogP) is 3.85. The van der Waals surface area contributed by atoms with Crippen molar-refractivity contribution in [1.82, 2.24) is 15.1 Å². The van der Waals surface area contributed by atoms with E-state index in [-0.39, 0.29) is 12.0 Å². The molecule has 1 unspecified atom stereocenters. The number of anilines is 1. The summed E-state index contributed by atoms with van der Waals surface area (Å²) >= 11 is 1.83. The highest BCUT2D eigenvalue weighted by molar-refractivity contribution is 7.09. The van der Waals surface area contributed by atoms with E-state index < -0.39 is 0 Å². The number of carbonyl (C=O) groups excluding carboxylic acids is 2. The topological polar surface area (TPSA) is 65.1 Å². The van der Waals surface area contributed by atoms with Crippen molar-refractivity contribution in [3.05, 3.63) is 52.2 Å². The number of carbonyl (C=O) groups is 2. The number of ether oxygens (including phenoxy) is 1. The van der Waals surface area contributed by atoms with Crippen molar-refractivity contribution in [2.45, 2.75) is 45.2 Å². The number of rotatable bonds is 7. The molecule has 2 aliphatic rings. The van der Waals surface area contributed by atoms with E-state index in [9.17, 15) is 9.59 Å². The van der Waals surface area contributed by atoms with Crippen LogP contribution in [0.4, 0.5) is 10.5 Å². The van der Waals surface area contributed by atoms with Gasteiger partial charge in [0.2, 0.25) is 0 Å². The minimum atomic E-state index is -0.296. The van der Waals surface area contributed by atoms with Crippen molar-refractivity contribution in [3.63, 3.8) is 0 Å². The maximum atomic E-state index is 12.9. The van der Waals surface area contributed by atoms with Gasteiger partial charge in [-0.25, -0.2) is 4.79 Å². The van der Waals surface area contributed by atoms with Gasteiger partial charge in [-0.05, 0) is 68.8 Å². The van der Waals surface area contributed by atoms with Gasteiger partial charge in [0.05, 0.1) is 6.61 Å². The Morgan fingerprint density at radius 2 is 1.71 bits per heavy atom. The zero-order chi connectivity index (χ0) is 23.9. The first-order valence-electron chi connectivity index (χ1n) is 12.4. The summed E-state index contributed by atoms with van der Waals surface area (Å²) < 4.78 is 5.05. The molecule has 0 bridgehead atoms. The summed E-state index contributed by atoms with van der Waals surface area (Å²) in [5.41, 5.74) is 1.88. The second-order valence-corrected chi connectivity index (χ2v) is 10.2. The van der Waals surface area contributed by atoms with Gasteiger partial charge in [-0.1, -0.05) is 6.07 Å². The molecular formula is C26H36N4O3S. The maximum Gasteiger partial charge on any atom is 0.409 e. The number of benzene rings is 1. The largest absolute Gasteiger partial charge is 0.450 e. The second-order valence-electron chi connectivity index (χ2n) is 9.14. The van der Waals surface area contributed by atoms with Gasteiger partial charge in [-0.2, -0.15) is 0 Å². The standard InChI is InChI=1S/C26H36N4O3S/c1-3-33-26(32)30-16-14-29(15-17-30)25(31)21-6-8-23(9-7-21)28-12-10-22(11-13-28)27-20(2)19-24-5-4-18-34-24/h4-9,18,20,22,27H,3,10-17,19H2,1-2H3. The number of hydrogen-bond acceptors (Lipinski definition) is 6. The average Bonchev–Trinajstić information content (AvgIpc) is 3.37. The van der Waals surface area contributed by atoms with E-state index in [1.165, 1.54) is 10.6 Å². The van der Waals surface area contributed by atoms with Crippen LogP contribution in [0.15, 0.2) is 41.8 Å². The molecule has 0 spiro atoms. The lowest BCUT2D eigenvalue weighted by molar-refractivity contribution is 0.0570. The van der Waals surface area contributed by atoms with Crippen LogP contribution < -0.4 is 10.2 Å². The summed E-state index contributed by atoms with van der Waals surface area (Å²) in [5, 5.41) is 5.95. The molecule has 7 nitrogen and oxygen atoms in total. The van der Waals surface area contributed by atoms with Crippen LogP contribution in [-0.4, -0.2) is 79.8 Å². The molecule has 184 valence electrons. The van der Waals surface area contributed by atoms with Crippen molar-refractivity contribution >= 4 is 29.0 Å². The Kier molecular flexibility index (Phi) is 8.45. The number of amides is 2. The Morgan fingerprint density at radius 3 is 2.32 bits per heavy atom. The third kappa shape index (κ3) is 6.30. The SMILES string of the molecule is CCOC(=O)N1CCN(C(=O)c2ccc(N3CCC(NC(C)Cc4cccs4)CC3)cc2)CC1. The summed E-state index contributed by atoms with van der Waals surface area (Å²) in [4.78, 5) is 32.1. The number of nitrogens with one attached hydrogen (secondary N) is 1. The smallest absolute Gasteiger partial charge is 0.409 e. The van der Waals surface area contributed by atoms with Crippen LogP contribution in [0.2, 0.25) is 0 Å². The second kappa shape index (κ2) is 11.7. The van der Waals surface area contributed by atoms with Crippen molar-refractivity contribution < 1.29 is 14.3 Å². The summed E-state index contributed by atoms with van der Waals surface area (Å²) in [6, 6.07) is 13.4. The lowest BCUT2D eigenvalue weighted by Crippen LogP contribution is -2.50. The van der Waals surface area contributed by atoms with Crippen molar-refractivity contribution in [1.29, 1.82) is 0 Å². The summed E-state index contributed by atoms with van der Waals surface area (Å²) in [7, 11) is 0. The van der Waals surface area contributed by atoms with E-state index >= 15 is 0 Å². The molecule has 2 amide bonds. The van der Waals surface area contributed by atoms with Gasteiger partial charge in [0.1, 0.15) is 0 Å². The Labute approximate surface area is 206 Å². The number of hydrogen-bond donors (Lipinski definition) is 1. The van der Waals surface area contributed by atoms with E-state index in [4.69, 9.17) is 4.74 Å². The van der Waals surface area contributed by atoms with Crippen molar-refractivity contribution in [3.8, 4) is 0 Å². The average molecular weight is 485 g/mol. The lowest BCUT2D eigenvalue weighted by Gasteiger charge is -2.35. The fraction of sp³-hybridized carbons (Fsp3) is 0.538. The quantitative estimate of drug-likeness (QED) is 0.647. The van der Waals surface area contributed by atoms with E-state index in [2.05, 4.69) is 46.8 Å². The molecule has 3 heterocycles. The summed E-state index contributed by atoms with van der Waals surface area (Å²) in [6.45, 7) is 8.57. The molecule has 34 heavy (non-hydrogen) atoms. The fourth-order valence-corrected chi connectivity index (χ4v) is 5.64. The first-order valence-corrected chi connectivity index (χ1v) is 13.3. The first-order chi connectivity index (χ1) is 16.5. The molecule has 2 aromatic rings.